The molecule has 5 aromatic carbocycles. The maximum absolute atomic E-state index is 13.5. The number of carbonyl (C=O) groups excluding carboxylic acids is 1. The smallest absolute Gasteiger partial charge is 0.238 e. The van der Waals surface area contributed by atoms with Gasteiger partial charge in [0.2, 0.25) is 5.91 Å². The largest absolute Gasteiger partial charge is 0.354 e. The van der Waals surface area contributed by atoms with E-state index in [1.54, 1.807) is 11.8 Å². The van der Waals surface area contributed by atoms with Crippen LogP contribution in [0.1, 0.15) is 59.0 Å². The number of nitrogens with one attached hydrogen (secondary N) is 2. The Hall–Kier alpha value is -7.48. The first-order valence-electron chi connectivity index (χ1n) is 21.4. The van der Waals surface area contributed by atoms with Gasteiger partial charge in [0.25, 0.3) is 0 Å². The van der Waals surface area contributed by atoms with E-state index in [0.29, 0.717) is 11.7 Å². The van der Waals surface area contributed by atoms with E-state index in [2.05, 4.69) is 194 Å². The number of anilines is 1. The van der Waals surface area contributed by atoms with Gasteiger partial charge in [-0.2, -0.15) is 0 Å². The number of rotatable bonds is 7. The second-order valence-corrected chi connectivity index (χ2v) is 17.5. The molecule has 8 aromatic rings. The number of benzene rings is 5. The molecule has 3 aliphatic rings. The van der Waals surface area contributed by atoms with Crippen molar-refractivity contribution < 1.29 is 4.79 Å². The van der Waals surface area contributed by atoms with E-state index in [9.17, 15) is 4.79 Å². The van der Waals surface area contributed by atoms with Crippen molar-refractivity contribution >= 4 is 69.7 Å². The Labute approximate surface area is 370 Å². The quantitative estimate of drug-likeness (QED) is 0.168. The summed E-state index contributed by atoms with van der Waals surface area (Å²) in [6.45, 7) is 4.41. The van der Waals surface area contributed by atoms with E-state index >= 15 is 0 Å². The normalized spacial score (nSPS) is 14.6. The van der Waals surface area contributed by atoms with Crippen molar-refractivity contribution in [2.24, 2.45) is 0 Å². The molecule has 304 valence electrons. The zero-order valence-electron chi connectivity index (χ0n) is 34.9. The van der Waals surface area contributed by atoms with E-state index in [4.69, 9.17) is 9.97 Å². The molecule has 1 atom stereocenters. The zero-order chi connectivity index (χ0) is 42.4. The van der Waals surface area contributed by atoms with Crippen molar-refractivity contribution in [1.82, 2.24) is 19.9 Å². The SMILES string of the molecule is CC(C)c1ccc(C2SCC(=O)N2c2ccc(-c3c4nc(c(-c5ccccc5)c5ccc([nH]5)c(-c5ccccc5)c5nc(c(-c6ccccc6)c6ccc3[nH]6)C=C5)C=C4)cc2)cc1. The summed E-state index contributed by atoms with van der Waals surface area (Å²) in [5.74, 6) is 0.992. The Balaban J connectivity index is 1.16. The number of amides is 1. The Kier molecular flexibility index (Phi) is 9.82. The molecular formula is C56H43N5OS. The molecule has 11 rings (SSSR count). The summed E-state index contributed by atoms with van der Waals surface area (Å²) < 4.78 is 0. The van der Waals surface area contributed by atoms with Crippen LogP contribution in [0.4, 0.5) is 5.69 Å². The molecule has 8 bridgehead atoms. The van der Waals surface area contributed by atoms with Gasteiger partial charge in [0.1, 0.15) is 5.37 Å². The van der Waals surface area contributed by atoms with Crippen molar-refractivity contribution in [2.75, 3.05) is 10.7 Å². The van der Waals surface area contributed by atoms with Gasteiger partial charge in [0.05, 0.1) is 28.5 Å². The van der Waals surface area contributed by atoms with Gasteiger partial charge in [0, 0.05) is 50.0 Å². The molecule has 0 radical (unpaired) electrons. The Morgan fingerprint density at radius 2 is 0.873 bits per heavy atom. The van der Waals surface area contributed by atoms with Gasteiger partial charge in [-0.25, -0.2) is 9.97 Å². The van der Waals surface area contributed by atoms with Crippen molar-refractivity contribution in [3.05, 3.63) is 198 Å². The van der Waals surface area contributed by atoms with Gasteiger partial charge in [-0.3, -0.25) is 9.69 Å². The van der Waals surface area contributed by atoms with Crippen LogP contribution in [0.2, 0.25) is 0 Å². The molecule has 3 aliphatic heterocycles. The standard InChI is InChI=1S/C56H43N5OS/c1-35(2)36-18-20-41(21-19-36)56-61(51(62)34-63-56)42-24-22-40(23-25-42)55-49-32-30-47(59-49)53(38-14-8-4-9-15-38)45-28-26-43(57-45)52(37-12-6-3-7-13-37)44-27-29-46(58-44)54(39-16-10-5-11-17-39)48-31-33-50(55)60-48/h3-33,35,56-57,60H,34H2,1-2H3. The van der Waals surface area contributed by atoms with Gasteiger partial charge >= 0.3 is 0 Å². The van der Waals surface area contributed by atoms with Gasteiger partial charge < -0.3 is 9.97 Å². The lowest BCUT2D eigenvalue weighted by atomic mass is 10.0. The van der Waals surface area contributed by atoms with Gasteiger partial charge in [-0.1, -0.05) is 141 Å². The average molecular weight is 834 g/mol. The highest BCUT2D eigenvalue weighted by Crippen LogP contribution is 2.44. The minimum Gasteiger partial charge on any atom is -0.354 e. The molecule has 1 unspecified atom stereocenters. The zero-order valence-corrected chi connectivity index (χ0v) is 35.7. The second kappa shape index (κ2) is 16.1. The highest BCUT2D eigenvalue weighted by molar-refractivity contribution is 8.00. The fourth-order valence-electron chi connectivity index (χ4n) is 9.02. The monoisotopic (exact) mass is 833 g/mol. The summed E-state index contributed by atoms with van der Waals surface area (Å²) in [5, 5.41) is -0.0933. The maximum atomic E-state index is 13.5. The molecule has 0 spiro atoms. The highest BCUT2D eigenvalue weighted by atomic mass is 32.2. The third-order valence-electron chi connectivity index (χ3n) is 12.1. The first-order valence-corrected chi connectivity index (χ1v) is 22.5. The number of hydrogen-bond donors (Lipinski definition) is 2. The van der Waals surface area contributed by atoms with Crippen molar-refractivity contribution in [1.29, 1.82) is 0 Å². The number of aromatic nitrogens is 4. The summed E-state index contributed by atoms with van der Waals surface area (Å²) >= 11 is 1.68. The molecule has 1 amide bonds. The number of thioether (sulfide) groups is 1. The first-order chi connectivity index (χ1) is 31.0. The molecule has 1 saturated heterocycles. The molecule has 63 heavy (non-hydrogen) atoms. The van der Waals surface area contributed by atoms with Crippen molar-refractivity contribution in [2.45, 2.75) is 25.1 Å². The minimum absolute atomic E-state index is 0.0933. The fourth-order valence-corrected chi connectivity index (χ4v) is 10.2. The molecule has 3 aromatic heterocycles. The average Bonchev–Trinajstić information content (AvgIpc) is 4.20. The molecule has 6 heterocycles. The fraction of sp³-hybridized carbons (Fsp3) is 0.0893. The molecule has 0 aliphatic carbocycles. The van der Waals surface area contributed by atoms with Crippen molar-refractivity contribution in [3.8, 4) is 44.5 Å². The molecule has 2 N–H and O–H groups in total. The third kappa shape index (κ3) is 7.10. The predicted molar refractivity (Wildman–Crippen MR) is 264 cm³/mol. The Morgan fingerprint density at radius 3 is 1.25 bits per heavy atom. The van der Waals surface area contributed by atoms with Crippen LogP contribution in [-0.4, -0.2) is 31.6 Å². The van der Waals surface area contributed by atoms with Crippen LogP contribution < -0.4 is 4.90 Å². The van der Waals surface area contributed by atoms with Gasteiger partial charge in [-0.15, -0.1) is 11.8 Å². The van der Waals surface area contributed by atoms with Gasteiger partial charge in [0.15, 0.2) is 0 Å². The van der Waals surface area contributed by atoms with Crippen LogP contribution in [0.25, 0.3) is 90.9 Å². The van der Waals surface area contributed by atoms with E-state index in [1.165, 1.54) is 5.56 Å². The highest BCUT2D eigenvalue weighted by Gasteiger charge is 2.34. The van der Waals surface area contributed by atoms with Crippen LogP contribution in [0, 0.1) is 0 Å². The lowest BCUT2D eigenvalue weighted by Gasteiger charge is -2.25. The lowest BCUT2D eigenvalue weighted by molar-refractivity contribution is -0.115. The van der Waals surface area contributed by atoms with Crippen LogP contribution in [-0.2, 0) is 4.79 Å². The summed E-state index contributed by atoms with van der Waals surface area (Å²) in [4.78, 5) is 34.0. The Bertz CT molecular complexity index is 3220. The predicted octanol–water partition coefficient (Wildman–Crippen LogP) is 14.2. The van der Waals surface area contributed by atoms with E-state index < -0.39 is 0 Å². The summed E-state index contributed by atoms with van der Waals surface area (Å²) in [6.07, 6.45) is 8.50. The second-order valence-electron chi connectivity index (χ2n) is 16.4. The molecule has 6 nitrogen and oxygen atoms in total. The molecule has 1 fully saturated rings. The van der Waals surface area contributed by atoms with Crippen LogP contribution in [0.15, 0.2) is 164 Å². The molecule has 7 heteroatoms. The maximum Gasteiger partial charge on any atom is 0.238 e. The summed E-state index contributed by atoms with van der Waals surface area (Å²) in [5.41, 5.74) is 18.7. The van der Waals surface area contributed by atoms with E-state index in [1.807, 2.05) is 23.1 Å². The van der Waals surface area contributed by atoms with E-state index in [0.717, 1.165) is 101 Å². The number of hydrogen-bond acceptors (Lipinski definition) is 4. The van der Waals surface area contributed by atoms with Crippen LogP contribution >= 0.6 is 11.8 Å². The third-order valence-corrected chi connectivity index (χ3v) is 13.3. The number of carbonyl (C=O) groups is 1. The van der Waals surface area contributed by atoms with Crippen LogP contribution in [0.5, 0.6) is 0 Å². The minimum atomic E-state index is -0.0933. The molecular weight excluding hydrogens is 791 g/mol. The summed E-state index contributed by atoms with van der Waals surface area (Å²) in [7, 11) is 0. The Morgan fingerprint density at radius 1 is 0.492 bits per heavy atom. The topological polar surface area (TPSA) is 77.7 Å². The van der Waals surface area contributed by atoms with Crippen LogP contribution in [0.3, 0.4) is 0 Å². The first kappa shape index (κ1) is 38.4. The molecule has 0 saturated carbocycles. The number of aromatic amines is 2. The van der Waals surface area contributed by atoms with Crippen molar-refractivity contribution in [3.63, 3.8) is 0 Å². The number of fused-ring (bicyclic) bond motifs is 8. The summed E-state index contributed by atoms with van der Waals surface area (Å²) in [6, 6.07) is 57.1. The lowest BCUT2D eigenvalue weighted by Crippen LogP contribution is -2.27. The van der Waals surface area contributed by atoms with E-state index in [-0.39, 0.29) is 11.3 Å². The number of nitrogens with zero attached hydrogens (tertiary/aromatic N) is 3. The number of H-pyrrole nitrogens is 2. The van der Waals surface area contributed by atoms with Gasteiger partial charge in [-0.05, 0) is 100 Å².